The summed E-state index contributed by atoms with van der Waals surface area (Å²) < 4.78 is 6.21. The first-order valence-electron chi connectivity index (χ1n) is 18.1. The molecule has 0 radical (unpaired) electrons. The number of allylic oxidation sites excluding steroid dienone is 3. The number of benzene rings is 2. The molecule has 8 rings (SSSR count). The molecule has 0 spiro atoms. The van der Waals surface area contributed by atoms with E-state index in [0.717, 1.165) is 66.8 Å². The van der Waals surface area contributed by atoms with Gasteiger partial charge in [-0.15, -0.1) is 0 Å². The van der Waals surface area contributed by atoms with Gasteiger partial charge < -0.3 is 20.7 Å². The molecule has 5 unspecified atom stereocenters. The number of carbonyl (C=O) groups excluding carboxylic acids is 1. The highest BCUT2D eigenvalue weighted by Gasteiger charge is 2.56. The zero-order valence-electron chi connectivity index (χ0n) is 27.9. The molecule has 1 fully saturated rings. The molecule has 1 saturated carbocycles. The number of fused-ring (bicyclic) bond motifs is 4. The second-order valence-electron chi connectivity index (χ2n) is 14.6. The molecule has 5 N–H and O–H groups in total. The van der Waals surface area contributed by atoms with E-state index in [1.54, 1.807) is 11.6 Å². The van der Waals surface area contributed by atoms with Crippen LogP contribution in [-0.2, 0) is 16.6 Å². The summed E-state index contributed by atoms with van der Waals surface area (Å²) in [4.78, 5) is 23.6. The summed E-state index contributed by atoms with van der Waals surface area (Å²) in [5.74, 6) is 1.04. The Morgan fingerprint density at radius 1 is 1.21 bits per heavy atom. The number of aromatic hydroxyl groups is 1. The largest absolute Gasteiger partial charge is 0.504 e. The number of Topliss-reactive ketones (excluding diaryl/α,β-unsaturated/α-hetero) is 1. The number of aliphatic hydroxyl groups is 1. The number of nitrogens with zero attached hydrogens (tertiary/aromatic N) is 2. The molecule has 3 heterocycles. The number of ether oxygens (including phenoxy) is 1. The standard InChI is InChI=1S/C40H46N4O4/c1-2-3-4-7-25(45)19-26(46)13-11-24-12-16-35(47)36(18-24)48-23-44-21-29-32(20-42-34(29)22-44)40-17-6-10-30(40)27-14-15-33-38(27)37-28(39(41)43-33)8-5-9-31(37)40/h5,8-9,12,16,18,20,22,25,30,39,45,47H,2-4,6-7,10-11,13-15,17,19,21,23,41H2,1H3/p+1. The highest BCUT2D eigenvalue weighted by molar-refractivity contribution is 6.29. The molecule has 3 aliphatic carbocycles. The lowest BCUT2D eigenvalue weighted by molar-refractivity contribution is -0.855. The molecule has 3 aliphatic heterocycles. The van der Waals surface area contributed by atoms with Gasteiger partial charge in [-0.25, -0.2) is 0 Å². The van der Waals surface area contributed by atoms with Crippen molar-refractivity contribution in [3.63, 3.8) is 0 Å². The number of phenolic OH excluding ortho intramolecular Hbond substituents is 1. The number of carbonyl (C=O) groups is 1. The van der Waals surface area contributed by atoms with E-state index in [1.165, 1.54) is 46.4 Å². The number of nitrogens with one attached hydrogen (secondary N) is 1. The summed E-state index contributed by atoms with van der Waals surface area (Å²) in [5, 5.41) is 20.8. The molecule has 0 amide bonds. The third kappa shape index (κ3) is 5.20. The number of aliphatic imine (C=N–C) groups is 2. The summed E-state index contributed by atoms with van der Waals surface area (Å²) in [6.07, 6.45) is 13.9. The molecule has 6 aliphatic rings. The lowest BCUT2D eigenvalue weighted by atomic mass is 9.58. The van der Waals surface area contributed by atoms with E-state index in [0.29, 0.717) is 37.7 Å². The summed E-state index contributed by atoms with van der Waals surface area (Å²) >= 11 is 0. The second kappa shape index (κ2) is 12.6. The van der Waals surface area contributed by atoms with Crippen LogP contribution < -0.4 is 15.4 Å². The van der Waals surface area contributed by atoms with Crippen LogP contribution in [0, 0.1) is 5.92 Å². The first-order chi connectivity index (χ1) is 23.4. The zero-order chi connectivity index (χ0) is 33.0. The average Bonchev–Trinajstić information content (AvgIpc) is 3.87. The molecular weight excluding hydrogens is 600 g/mol. The Balaban J connectivity index is 0.978. The van der Waals surface area contributed by atoms with Crippen LogP contribution in [0.3, 0.4) is 0 Å². The van der Waals surface area contributed by atoms with Crippen LogP contribution in [0.25, 0.3) is 5.57 Å². The molecule has 0 aromatic heterocycles. The van der Waals surface area contributed by atoms with Crippen LogP contribution in [0.2, 0.25) is 0 Å². The Morgan fingerprint density at radius 2 is 2.10 bits per heavy atom. The number of phenols is 1. The SMILES string of the molecule is CCCCCC(O)CC(=O)CCc1ccc(O)c(OC[NH+]2C=C3N=CC(C45CCCC4C4=C6C(=NC(N)c7cccc5c76)CC4)=C3C2)c1. The minimum atomic E-state index is -0.562. The van der Waals surface area contributed by atoms with Gasteiger partial charge in [0, 0.05) is 41.3 Å². The number of rotatable bonds is 13. The number of nitrogens with two attached hydrogens (primary N) is 1. The summed E-state index contributed by atoms with van der Waals surface area (Å²) in [7, 11) is 0. The van der Waals surface area contributed by atoms with E-state index in [2.05, 4.69) is 37.5 Å². The number of unbranched alkanes of at least 4 members (excludes halogenated alkanes) is 2. The van der Waals surface area contributed by atoms with Crippen molar-refractivity contribution in [1.82, 2.24) is 0 Å². The molecule has 0 saturated heterocycles. The Bertz CT molecular complexity index is 1820. The third-order valence-electron chi connectivity index (χ3n) is 11.7. The van der Waals surface area contributed by atoms with E-state index in [9.17, 15) is 15.0 Å². The molecule has 8 nitrogen and oxygen atoms in total. The summed E-state index contributed by atoms with van der Waals surface area (Å²) in [6, 6.07) is 12.0. The molecule has 0 bridgehead atoms. The first kappa shape index (κ1) is 31.4. The van der Waals surface area contributed by atoms with E-state index in [1.807, 2.05) is 12.1 Å². The van der Waals surface area contributed by atoms with Gasteiger partial charge in [-0.05, 0) is 84.4 Å². The van der Waals surface area contributed by atoms with Crippen LogP contribution >= 0.6 is 0 Å². The Morgan fingerprint density at radius 3 is 2.98 bits per heavy atom. The molecular formula is C40H47N4O4+. The topological polar surface area (TPSA) is 122 Å². The summed E-state index contributed by atoms with van der Waals surface area (Å²) in [5.41, 5.74) is 19.3. The van der Waals surface area contributed by atoms with Gasteiger partial charge in [0.05, 0.1) is 6.10 Å². The quantitative estimate of drug-likeness (QED) is 0.217. The molecule has 250 valence electrons. The van der Waals surface area contributed by atoms with Gasteiger partial charge in [0.1, 0.15) is 30.4 Å². The second-order valence-corrected chi connectivity index (χ2v) is 14.6. The summed E-state index contributed by atoms with van der Waals surface area (Å²) in [6.45, 7) is 3.27. The van der Waals surface area contributed by atoms with Gasteiger partial charge in [0.15, 0.2) is 11.5 Å². The number of aryl methyl sites for hydroxylation is 1. The Hall–Kier alpha value is -3.85. The minimum Gasteiger partial charge on any atom is -0.504 e. The monoisotopic (exact) mass is 647 g/mol. The van der Waals surface area contributed by atoms with Crippen molar-refractivity contribution in [2.75, 3.05) is 13.3 Å². The number of hydrogen-bond donors (Lipinski definition) is 4. The zero-order valence-corrected chi connectivity index (χ0v) is 27.9. The van der Waals surface area contributed by atoms with Crippen molar-refractivity contribution < 1.29 is 24.6 Å². The van der Waals surface area contributed by atoms with Crippen molar-refractivity contribution >= 4 is 23.3 Å². The van der Waals surface area contributed by atoms with Crippen LogP contribution in [0.5, 0.6) is 11.5 Å². The molecule has 2 aromatic rings. The maximum absolute atomic E-state index is 12.5. The number of quaternary nitrogens is 1. The fourth-order valence-corrected chi connectivity index (χ4v) is 9.51. The van der Waals surface area contributed by atoms with Crippen molar-refractivity contribution in [3.8, 4) is 11.5 Å². The van der Waals surface area contributed by atoms with Gasteiger partial charge >= 0.3 is 0 Å². The maximum atomic E-state index is 12.5. The number of hydrogen-bond acceptors (Lipinski definition) is 7. The minimum absolute atomic E-state index is 0.0636. The van der Waals surface area contributed by atoms with Gasteiger partial charge in [-0.3, -0.25) is 19.7 Å². The van der Waals surface area contributed by atoms with E-state index in [4.69, 9.17) is 20.5 Å². The molecule has 5 atom stereocenters. The predicted octanol–water partition coefficient (Wildman–Crippen LogP) is 5.39. The van der Waals surface area contributed by atoms with Crippen molar-refractivity contribution in [1.29, 1.82) is 0 Å². The fraction of sp³-hybridized carbons (Fsp3) is 0.475. The van der Waals surface area contributed by atoms with Crippen molar-refractivity contribution in [2.24, 2.45) is 21.6 Å². The number of ketones is 1. The van der Waals surface area contributed by atoms with Crippen molar-refractivity contribution in [3.05, 3.63) is 87.3 Å². The van der Waals surface area contributed by atoms with Gasteiger partial charge in [-0.1, -0.05) is 62.4 Å². The highest BCUT2D eigenvalue weighted by atomic mass is 16.5. The third-order valence-corrected chi connectivity index (χ3v) is 11.7. The maximum Gasteiger partial charge on any atom is 0.227 e. The van der Waals surface area contributed by atoms with Crippen LogP contribution in [0.1, 0.15) is 106 Å². The Kier molecular flexibility index (Phi) is 8.22. The normalized spacial score (nSPS) is 26.8. The lowest BCUT2D eigenvalue weighted by Gasteiger charge is -2.45. The smallest absolute Gasteiger partial charge is 0.227 e. The van der Waals surface area contributed by atoms with Gasteiger partial charge in [0.2, 0.25) is 6.73 Å². The van der Waals surface area contributed by atoms with Gasteiger partial charge in [-0.2, -0.15) is 0 Å². The van der Waals surface area contributed by atoms with E-state index in [-0.39, 0.29) is 29.5 Å². The van der Waals surface area contributed by atoms with Gasteiger partial charge in [0.25, 0.3) is 0 Å². The van der Waals surface area contributed by atoms with Crippen LogP contribution in [-0.4, -0.2) is 47.3 Å². The molecule has 48 heavy (non-hydrogen) atoms. The van der Waals surface area contributed by atoms with E-state index < -0.39 is 6.10 Å². The lowest BCUT2D eigenvalue weighted by Crippen LogP contribution is -3.07. The molecule has 8 heteroatoms. The highest BCUT2D eigenvalue weighted by Crippen LogP contribution is 2.63. The first-order valence-corrected chi connectivity index (χ1v) is 18.1. The van der Waals surface area contributed by atoms with Crippen LogP contribution in [0.15, 0.2) is 75.0 Å². The predicted molar refractivity (Wildman–Crippen MR) is 187 cm³/mol. The van der Waals surface area contributed by atoms with Crippen LogP contribution in [0.4, 0.5) is 0 Å². The number of aliphatic hydroxyl groups excluding tert-OH is 1. The Labute approximate surface area is 282 Å². The van der Waals surface area contributed by atoms with E-state index >= 15 is 0 Å². The van der Waals surface area contributed by atoms with Crippen molar-refractivity contribution in [2.45, 2.75) is 102 Å². The molecule has 2 aromatic carbocycles. The fourth-order valence-electron chi connectivity index (χ4n) is 9.51. The average molecular weight is 648 g/mol.